The maximum Gasteiger partial charge on any atom is 0.153 e. The largest absolute Gasteiger partial charge is 0.369 e. The van der Waals surface area contributed by atoms with Gasteiger partial charge in [0.2, 0.25) is 0 Å². The number of H-pyrrole nitrogens is 1. The number of hydrogen-bond acceptors (Lipinski definition) is 4. The third-order valence-electron chi connectivity index (χ3n) is 4.93. The van der Waals surface area contributed by atoms with Crippen molar-refractivity contribution in [3.05, 3.63) is 71.5 Å². The molecule has 27 heavy (non-hydrogen) atoms. The number of nitriles is 1. The van der Waals surface area contributed by atoms with E-state index in [9.17, 15) is 5.26 Å². The summed E-state index contributed by atoms with van der Waals surface area (Å²) in [4.78, 5) is 12.2. The summed E-state index contributed by atoms with van der Waals surface area (Å²) in [5, 5.41) is 10.2. The van der Waals surface area contributed by atoms with Gasteiger partial charge in [0.25, 0.3) is 0 Å². The Balaban J connectivity index is 1.50. The molecule has 0 radical (unpaired) electrons. The predicted molar refractivity (Wildman–Crippen MR) is 108 cm³/mol. The van der Waals surface area contributed by atoms with Gasteiger partial charge in [0, 0.05) is 37.4 Å². The zero-order valence-corrected chi connectivity index (χ0v) is 15.6. The maximum atomic E-state index is 9.81. The highest BCUT2D eigenvalue weighted by Gasteiger charge is 2.28. The number of benzene rings is 2. The average Bonchev–Trinajstić information content (AvgIpc) is 3.12. The molecule has 0 bridgehead atoms. The van der Waals surface area contributed by atoms with E-state index in [-0.39, 0.29) is 0 Å². The summed E-state index contributed by atoms with van der Waals surface area (Å²) in [6, 6.07) is 22.1. The van der Waals surface area contributed by atoms with E-state index in [1.54, 1.807) is 0 Å². The van der Waals surface area contributed by atoms with Gasteiger partial charge in [-0.25, -0.2) is 4.98 Å². The molecule has 1 N–H and O–H groups in total. The Bertz CT molecular complexity index is 924. The molecule has 1 unspecified atom stereocenters. The molecule has 1 atom stereocenters. The van der Waals surface area contributed by atoms with E-state index in [1.165, 1.54) is 5.69 Å². The van der Waals surface area contributed by atoms with Gasteiger partial charge in [0.1, 0.15) is 11.9 Å². The number of aromatic amines is 1. The first-order valence-electron chi connectivity index (χ1n) is 9.01. The van der Waals surface area contributed by atoms with E-state index >= 15 is 0 Å². The molecule has 0 spiro atoms. The van der Waals surface area contributed by atoms with Crippen molar-refractivity contribution in [2.45, 2.75) is 6.04 Å². The second-order valence-electron chi connectivity index (χ2n) is 6.55. The first-order valence-corrected chi connectivity index (χ1v) is 9.38. The molecule has 1 fully saturated rings. The molecular formula is C21H20ClN5. The topological polar surface area (TPSA) is 59.0 Å². The number of piperazine rings is 1. The van der Waals surface area contributed by atoms with Crippen LogP contribution < -0.4 is 4.90 Å². The molecule has 6 heteroatoms. The molecule has 1 aliphatic heterocycles. The second-order valence-corrected chi connectivity index (χ2v) is 6.90. The van der Waals surface area contributed by atoms with Crippen LogP contribution in [0.5, 0.6) is 0 Å². The van der Waals surface area contributed by atoms with Crippen molar-refractivity contribution in [2.75, 3.05) is 31.1 Å². The third-order valence-corrected chi connectivity index (χ3v) is 5.22. The summed E-state index contributed by atoms with van der Waals surface area (Å²) in [5.41, 5.74) is 2.85. The highest BCUT2D eigenvalue weighted by atomic mass is 35.5. The van der Waals surface area contributed by atoms with Gasteiger partial charge in [-0.05, 0) is 12.1 Å². The van der Waals surface area contributed by atoms with Crippen LogP contribution in [0.4, 0.5) is 5.69 Å². The normalized spacial score (nSPS) is 16.1. The molecule has 1 saturated heterocycles. The van der Waals surface area contributed by atoms with E-state index in [0.717, 1.165) is 31.7 Å². The van der Waals surface area contributed by atoms with E-state index in [2.05, 4.69) is 50.1 Å². The van der Waals surface area contributed by atoms with Gasteiger partial charge in [-0.2, -0.15) is 5.26 Å². The van der Waals surface area contributed by atoms with Crippen molar-refractivity contribution < 1.29 is 0 Å². The van der Waals surface area contributed by atoms with Gasteiger partial charge in [0.15, 0.2) is 5.15 Å². The van der Waals surface area contributed by atoms with Crippen LogP contribution in [0.25, 0.3) is 11.4 Å². The number of para-hydroxylation sites is 1. The van der Waals surface area contributed by atoms with Crippen LogP contribution >= 0.6 is 11.6 Å². The minimum absolute atomic E-state index is 0.367. The van der Waals surface area contributed by atoms with E-state index in [1.807, 2.05) is 36.4 Å². The lowest BCUT2D eigenvalue weighted by molar-refractivity contribution is 0.219. The van der Waals surface area contributed by atoms with E-state index < -0.39 is 6.04 Å². The molecular weight excluding hydrogens is 358 g/mol. The van der Waals surface area contributed by atoms with Gasteiger partial charge >= 0.3 is 0 Å². The highest BCUT2D eigenvalue weighted by molar-refractivity contribution is 6.30. The molecule has 0 amide bonds. The Morgan fingerprint density at radius 1 is 0.963 bits per heavy atom. The molecule has 0 saturated carbocycles. The van der Waals surface area contributed by atoms with Crippen molar-refractivity contribution in [2.24, 2.45) is 0 Å². The zero-order valence-electron chi connectivity index (χ0n) is 14.8. The number of rotatable bonds is 4. The molecule has 5 nitrogen and oxygen atoms in total. The van der Waals surface area contributed by atoms with Crippen LogP contribution in [-0.4, -0.2) is 41.0 Å². The molecule has 136 valence electrons. The Morgan fingerprint density at radius 2 is 1.59 bits per heavy atom. The molecule has 3 aromatic rings. The third kappa shape index (κ3) is 3.68. The number of nitrogens with one attached hydrogen (secondary N) is 1. The van der Waals surface area contributed by atoms with Gasteiger partial charge in [-0.15, -0.1) is 0 Å². The Labute approximate surface area is 163 Å². The van der Waals surface area contributed by atoms with Gasteiger partial charge in [-0.1, -0.05) is 60.1 Å². The minimum atomic E-state index is -0.430. The maximum absolute atomic E-state index is 9.81. The molecule has 1 aromatic heterocycles. The number of halogens is 1. The lowest BCUT2D eigenvalue weighted by Crippen LogP contribution is -2.47. The second kappa shape index (κ2) is 7.83. The van der Waals surface area contributed by atoms with Crippen molar-refractivity contribution in [1.82, 2.24) is 14.9 Å². The monoisotopic (exact) mass is 377 g/mol. The number of nitrogens with zero attached hydrogens (tertiary/aromatic N) is 4. The van der Waals surface area contributed by atoms with E-state index in [4.69, 9.17) is 11.6 Å². The molecule has 2 aromatic carbocycles. The summed E-state index contributed by atoms with van der Waals surface area (Å²) >= 11 is 6.38. The van der Waals surface area contributed by atoms with Crippen LogP contribution in [0.15, 0.2) is 60.7 Å². The van der Waals surface area contributed by atoms with Crippen LogP contribution in [0.3, 0.4) is 0 Å². The predicted octanol–water partition coefficient (Wildman–Crippen LogP) is 4.12. The van der Waals surface area contributed by atoms with Crippen molar-refractivity contribution >= 4 is 17.3 Å². The smallest absolute Gasteiger partial charge is 0.153 e. The molecule has 4 rings (SSSR count). The summed E-state index contributed by atoms with van der Waals surface area (Å²) in [6.45, 7) is 3.34. The van der Waals surface area contributed by atoms with Gasteiger partial charge in [0.05, 0.1) is 11.8 Å². The Kier molecular flexibility index (Phi) is 5.10. The minimum Gasteiger partial charge on any atom is -0.369 e. The highest BCUT2D eigenvalue weighted by Crippen LogP contribution is 2.30. The summed E-state index contributed by atoms with van der Waals surface area (Å²) in [5.74, 6) is 0.693. The quantitative estimate of drug-likeness (QED) is 0.743. The summed E-state index contributed by atoms with van der Waals surface area (Å²) < 4.78 is 0. The summed E-state index contributed by atoms with van der Waals surface area (Å²) in [7, 11) is 0. The first-order chi connectivity index (χ1) is 13.3. The molecule has 2 heterocycles. The number of aromatic nitrogens is 2. The van der Waals surface area contributed by atoms with Gasteiger partial charge in [-0.3, -0.25) is 4.90 Å². The lowest BCUT2D eigenvalue weighted by Gasteiger charge is -2.37. The van der Waals surface area contributed by atoms with Crippen LogP contribution in [0.2, 0.25) is 5.15 Å². The zero-order chi connectivity index (χ0) is 18.6. The van der Waals surface area contributed by atoms with E-state index in [0.29, 0.717) is 16.7 Å². The van der Waals surface area contributed by atoms with Crippen molar-refractivity contribution in [3.63, 3.8) is 0 Å². The lowest BCUT2D eigenvalue weighted by atomic mass is 10.1. The fourth-order valence-electron chi connectivity index (χ4n) is 3.49. The summed E-state index contributed by atoms with van der Waals surface area (Å²) in [6.07, 6.45) is 0. The fraction of sp³-hybridized carbons (Fsp3) is 0.238. The SMILES string of the molecule is N#CC(c1[nH]c(-c2ccccc2)nc1Cl)N1CCN(c2ccccc2)CC1. The Morgan fingerprint density at radius 3 is 2.22 bits per heavy atom. The van der Waals surface area contributed by atoms with Crippen LogP contribution in [0, 0.1) is 11.3 Å². The average molecular weight is 378 g/mol. The van der Waals surface area contributed by atoms with Crippen LogP contribution in [-0.2, 0) is 0 Å². The van der Waals surface area contributed by atoms with Crippen LogP contribution in [0.1, 0.15) is 11.7 Å². The molecule has 1 aliphatic rings. The fourth-order valence-corrected chi connectivity index (χ4v) is 3.72. The standard InChI is InChI=1S/C21H20ClN5/c22-20-19(24-21(25-20)16-7-3-1-4-8-16)18(15-23)27-13-11-26(12-14-27)17-9-5-2-6-10-17/h1-10,18H,11-14H2,(H,24,25). The number of anilines is 1. The van der Waals surface area contributed by atoms with Crippen molar-refractivity contribution in [1.29, 1.82) is 5.26 Å². The van der Waals surface area contributed by atoms with Crippen molar-refractivity contribution in [3.8, 4) is 17.5 Å². The molecule has 0 aliphatic carbocycles. The first kappa shape index (κ1) is 17.6. The Hall–Kier alpha value is -2.81. The number of hydrogen-bond donors (Lipinski definition) is 1. The van der Waals surface area contributed by atoms with Gasteiger partial charge < -0.3 is 9.88 Å². The number of imidazole rings is 1.